The molecule has 0 spiro atoms. The summed E-state index contributed by atoms with van der Waals surface area (Å²) in [7, 11) is 0. The van der Waals surface area contributed by atoms with Gasteiger partial charge in [0, 0.05) is 24.2 Å². The molecule has 0 fully saturated rings. The van der Waals surface area contributed by atoms with Gasteiger partial charge in [-0.2, -0.15) is 4.98 Å². The Kier molecular flexibility index (Phi) is 4.77. The third-order valence-electron chi connectivity index (χ3n) is 3.06. The van der Waals surface area contributed by atoms with Crippen molar-refractivity contribution in [1.82, 2.24) is 20.2 Å². The van der Waals surface area contributed by atoms with Crippen LogP contribution in [0.5, 0.6) is 11.8 Å². The highest BCUT2D eigenvalue weighted by molar-refractivity contribution is 5.49. The number of hydrogen-bond donors (Lipinski definition) is 2. The van der Waals surface area contributed by atoms with Crippen molar-refractivity contribution in [3.8, 4) is 11.8 Å². The monoisotopic (exact) mass is 289 g/mol. The Morgan fingerprint density at radius 1 is 1.29 bits per heavy atom. The van der Waals surface area contributed by atoms with E-state index < -0.39 is 0 Å². The maximum Gasteiger partial charge on any atom is 0.240 e. The van der Waals surface area contributed by atoms with Crippen molar-refractivity contribution in [2.45, 2.75) is 47.0 Å². The van der Waals surface area contributed by atoms with Crippen LogP contribution in [0.3, 0.4) is 0 Å². The summed E-state index contributed by atoms with van der Waals surface area (Å²) in [4.78, 5) is 9.10. The lowest BCUT2D eigenvalue weighted by molar-refractivity contribution is 0.435. The molecule has 114 valence electrons. The van der Waals surface area contributed by atoms with E-state index in [1.807, 2.05) is 19.9 Å². The van der Waals surface area contributed by atoms with Gasteiger partial charge >= 0.3 is 0 Å². The van der Waals surface area contributed by atoms with Crippen LogP contribution in [-0.2, 0) is 0 Å². The summed E-state index contributed by atoms with van der Waals surface area (Å²) >= 11 is 0. The Morgan fingerprint density at radius 2 is 2.05 bits per heavy atom. The molecule has 2 aromatic heterocycles. The van der Waals surface area contributed by atoms with E-state index in [1.54, 1.807) is 0 Å². The van der Waals surface area contributed by atoms with Crippen LogP contribution in [0.25, 0.3) is 0 Å². The number of aromatic nitrogens is 4. The van der Waals surface area contributed by atoms with E-state index in [0.717, 1.165) is 35.9 Å². The Labute approximate surface area is 125 Å². The van der Waals surface area contributed by atoms with E-state index in [4.69, 9.17) is 4.74 Å². The van der Waals surface area contributed by atoms with E-state index in [-0.39, 0.29) is 5.92 Å². The molecule has 0 aliphatic heterocycles. The summed E-state index contributed by atoms with van der Waals surface area (Å²) in [5.74, 6) is 2.90. The molecule has 2 heterocycles. The molecular weight excluding hydrogens is 266 g/mol. The van der Waals surface area contributed by atoms with Crippen LogP contribution in [0.15, 0.2) is 6.07 Å². The normalized spacial score (nSPS) is 11.0. The molecule has 0 unspecified atom stereocenters. The predicted octanol–water partition coefficient (Wildman–Crippen LogP) is 3.55. The van der Waals surface area contributed by atoms with Gasteiger partial charge in [0.2, 0.25) is 11.8 Å². The van der Waals surface area contributed by atoms with Gasteiger partial charge in [-0.25, -0.2) is 4.98 Å². The molecule has 0 bridgehead atoms. The zero-order chi connectivity index (χ0) is 15.4. The maximum absolute atomic E-state index is 5.81. The van der Waals surface area contributed by atoms with Gasteiger partial charge < -0.3 is 10.1 Å². The molecule has 0 atom stereocenters. The van der Waals surface area contributed by atoms with Crippen LogP contribution < -0.4 is 10.1 Å². The minimum absolute atomic E-state index is 0.232. The topological polar surface area (TPSA) is 75.7 Å². The van der Waals surface area contributed by atoms with Crippen molar-refractivity contribution < 1.29 is 4.74 Å². The van der Waals surface area contributed by atoms with E-state index in [2.05, 4.69) is 46.3 Å². The minimum atomic E-state index is 0.232. The Morgan fingerprint density at radius 3 is 2.62 bits per heavy atom. The molecule has 21 heavy (non-hydrogen) atoms. The van der Waals surface area contributed by atoms with Crippen molar-refractivity contribution in [3.63, 3.8) is 0 Å². The van der Waals surface area contributed by atoms with Gasteiger partial charge in [0.05, 0.1) is 5.56 Å². The van der Waals surface area contributed by atoms with E-state index in [9.17, 15) is 0 Å². The highest BCUT2D eigenvalue weighted by atomic mass is 16.5. The highest BCUT2D eigenvalue weighted by Gasteiger charge is 2.15. The van der Waals surface area contributed by atoms with Crippen molar-refractivity contribution in [1.29, 1.82) is 0 Å². The van der Waals surface area contributed by atoms with Crippen LogP contribution >= 0.6 is 0 Å². The van der Waals surface area contributed by atoms with Crippen molar-refractivity contribution >= 4 is 5.82 Å². The van der Waals surface area contributed by atoms with Crippen molar-refractivity contribution in [2.75, 3.05) is 11.9 Å². The summed E-state index contributed by atoms with van der Waals surface area (Å²) in [5, 5.41) is 10.3. The zero-order valence-corrected chi connectivity index (χ0v) is 13.3. The van der Waals surface area contributed by atoms with E-state index >= 15 is 0 Å². The average molecular weight is 289 g/mol. The van der Waals surface area contributed by atoms with Gasteiger partial charge in [0.15, 0.2) is 0 Å². The quantitative estimate of drug-likeness (QED) is 0.850. The van der Waals surface area contributed by atoms with Gasteiger partial charge in [-0.3, -0.25) is 5.10 Å². The molecule has 0 radical (unpaired) electrons. The van der Waals surface area contributed by atoms with Crippen LogP contribution in [-0.4, -0.2) is 26.7 Å². The van der Waals surface area contributed by atoms with Crippen molar-refractivity contribution in [3.05, 3.63) is 23.1 Å². The standard InChI is InChI=1S/C15H23N5O/c1-6-7-16-14-11(5)15(18-13(17-14)9(2)3)21-12-8-10(4)19-20-12/h8-9H,6-7H2,1-5H3,(H,19,20)(H,16,17,18). The van der Waals surface area contributed by atoms with Gasteiger partial charge in [0.1, 0.15) is 11.6 Å². The molecule has 0 aliphatic carbocycles. The van der Waals surface area contributed by atoms with Gasteiger partial charge in [-0.05, 0) is 20.3 Å². The molecule has 6 nitrogen and oxygen atoms in total. The summed E-state index contributed by atoms with van der Waals surface area (Å²) < 4.78 is 5.81. The lowest BCUT2D eigenvalue weighted by atomic mass is 10.2. The second-order valence-corrected chi connectivity index (χ2v) is 5.43. The second kappa shape index (κ2) is 6.56. The van der Waals surface area contributed by atoms with E-state index in [1.165, 1.54) is 0 Å². The smallest absolute Gasteiger partial charge is 0.240 e. The number of nitrogens with one attached hydrogen (secondary N) is 2. The molecule has 2 aromatic rings. The first-order chi connectivity index (χ1) is 10.0. The number of H-pyrrole nitrogens is 1. The number of hydrogen-bond acceptors (Lipinski definition) is 5. The predicted molar refractivity (Wildman–Crippen MR) is 83.0 cm³/mol. The molecule has 2 rings (SSSR count). The fraction of sp³-hybridized carbons (Fsp3) is 0.533. The molecule has 0 amide bonds. The third-order valence-corrected chi connectivity index (χ3v) is 3.06. The lowest BCUT2D eigenvalue weighted by Gasteiger charge is -2.14. The first-order valence-corrected chi connectivity index (χ1v) is 7.33. The summed E-state index contributed by atoms with van der Waals surface area (Å²) in [6.45, 7) is 11.0. The molecule has 6 heteroatoms. The van der Waals surface area contributed by atoms with Gasteiger partial charge in [-0.15, -0.1) is 5.10 Å². The molecule has 2 N–H and O–H groups in total. The SMILES string of the molecule is CCCNc1nc(C(C)C)nc(Oc2cc(C)[nH]n2)c1C. The average Bonchev–Trinajstić information content (AvgIpc) is 2.84. The molecule has 0 aliphatic rings. The van der Waals surface area contributed by atoms with Crippen LogP contribution in [0.1, 0.15) is 50.2 Å². The number of rotatable bonds is 6. The van der Waals surface area contributed by atoms with Crippen molar-refractivity contribution in [2.24, 2.45) is 0 Å². The number of nitrogens with zero attached hydrogens (tertiary/aromatic N) is 3. The summed E-state index contributed by atoms with van der Waals surface area (Å²) in [5.41, 5.74) is 1.85. The Balaban J connectivity index is 2.35. The van der Waals surface area contributed by atoms with Crippen LogP contribution in [0.4, 0.5) is 5.82 Å². The first-order valence-electron chi connectivity index (χ1n) is 7.33. The fourth-order valence-electron chi connectivity index (χ4n) is 1.83. The second-order valence-electron chi connectivity index (χ2n) is 5.43. The molecule has 0 saturated heterocycles. The van der Waals surface area contributed by atoms with Crippen LogP contribution in [0, 0.1) is 13.8 Å². The lowest BCUT2D eigenvalue weighted by Crippen LogP contribution is -2.09. The fourth-order valence-corrected chi connectivity index (χ4v) is 1.83. The minimum Gasteiger partial charge on any atom is -0.419 e. The van der Waals surface area contributed by atoms with Gasteiger partial charge in [-0.1, -0.05) is 20.8 Å². The Bertz CT molecular complexity index is 606. The third kappa shape index (κ3) is 3.71. The van der Waals surface area contributed by atoms with Crippen LogP contribution in [0.2, 0.25) is 0 Å². The maximum atomic E-state index is 5.81. The molecular formula is C15H23N5O. The Hall–Kier alpha value is -2.11. The summed E-state index contributed by atoms with van der Waals surface area (Å²) in [6, 6.07) is 1.84. The first kappa shape index (κ1) is 15.3. The number of aromatic amines is 1. The molecule has 0 aromatic carbocycles. The largest absolute Gasteiger partial charge is 0.419 e. The number of aryl methyl sites for hydroxylation is 1. The van der Waals surface area contributed by atoms with Gasteiger partial charge in [0.25, 0.3) is 0 Å². The summed E-state index contributed by atoms with van der Waals surface area (Å²) in [6.07, 6.45) is 1.04. The number of ether oxygens (including phenoxy) is 1. The highest BCUT2D eigenvalue weighted by Crippen LogP contribution is 2.28. The van der Waals surface area contributed by atoms with E-state index in [0.29, 0.717) is 11.8 Å². The zero-order valence-electron chi connectivity index (χ0n) is 13.3. The number of anilines is 1. The molecule has 0 saturated carbocycles.